The summed E-state index contributed by atoms with van der Waals surface area (Å²) in [7, 11) is 0. The van der Waals surface area contributed by atoms with Gasteiger partial charge in [-0.05, 0) is 44.9 Å². The van der Waals surface area contributed by atoms with Crippen LogP contribution in [0, 0.1) is 19.8 Å². The summed E-state index contributed by atoms with van der Waals surface area (Å²) in [4.78, 5) is 18.1. The highest BCUT2D eigenvalue weighted by molar-refractivity contribution is 5.95. The second kappa shape index (κ2) is 7.62. The fourth-order valence-electron chi connectivity index (χ4n) is 3.32. The number of aromatic nitrogens is 1. The van der Waals surface area contributed by atoms with Gasteiger partial charge >= 0.3 is 6.18 Å². The van der Waals surface area contributed by atoms with E-state index >= 15 is 0 Å². The van der Waals surface area contributed by atoms with Crippen LogP contribution < -0.4 is 4.74 Å². The normalized spacial score (nSPS) is 17.8. The molecule has 0 radical (unpaired) electrons. The van der Waals surface area contributed by atoms with Crippen LogP contribution in [-0.4, -0.2) is 35.5 Å². The standard InChI is InChI=1S/C19H21F3N2O3/c1-12-9-15(13(2)27-12)18(25)24-8-4-5-14(10-24)11-26-17-16(19(20,21)22)6-3-7-23-17/h3,6-7,9,14H,4-5,8,10-11H2,1-2H3. The number of pyridine rings is 1. The average molecular weight is 382 g/mol. The molecule has 2 aromatic rings. The Labute approximate surface area is 155 Å². The van der Waals surface area contributed by atoms with Crippen molar-refractivity contribution in [1.29, 1.82) is 0 Å². The molecule has 0 spiro atoms. The molecule has 3 rings (SSSR count). The van der Waals surface area contributed by atoms with Gasteiger partial charge in [-0.1, -0.05) is 0 Å². The number of rotatable bonds is 4. The van der Waals surface area contributed by atoms with E-state index < -0.39 is 17.6 Å². The summed E-state index contributed by atoms with van der Waals surface area (Å²) < 4.78 is 49.9. The summed E-state index contributed by atoms with van der Waals surface area (Å²) in [5.74, 6) is 0.637. The third kappa shape index (κ3) is 4.43. The van der Waals surface area contributed by atoms with Crippen molar-refractivity contribution in [2.45, 2.75) is 32.9 Å². The SMILES string of the molecule is Cc1cc(C(=O)N2CCCC(COc3ncccc3C(F)(F)F)C2)c(C)o1. The second-order valence-electron chi connectivity index (χ2n) is 6.75. The lowest BCUT2D eigenvalue weighted by Crippen LogP contribution is -2.41. The van der Waals surface area contributed by atoms with Crippen LogP contribution in [0.5, 0.6) is 5.88 Å². The van der Waals surface area contributed by atoms with Crippen LogP contribution in [0.2, 0.25) is 0 Å². The Morgan fingerprint density at radius 3 is 2.85 bits per heavy atom. The number of alkyl halides is 3. The quantitative estimate of drug-likeness (QED) is 0.794. The number of furan rings is 1. The van der Waals surface area contributed by atoms with E-state index in [0.29, 0.717) is 30.2 Å². The first-order chi connectivity index (χ1) is 12.8. The lowest BCUT2D eigenvalue weighted by atomic mass is 9.98. The topological polar surface area (TPSA) is 55.6 Å². The molecular weight excluding hydrogens is 361 g/mol. The first-order valence-corrected chi connectivity index (χ1v) is 8.77. The maximum atomic E-state index is 13.0. The number of hydrogen-bond donors (Lipinski definition) is 0. The van der Waals surface area contributed by atoms with Crippen molar-refractivity contribution in [2.24, 2.45) is 5.92 Å². The molecule has 1 atom stereocenters. The van der Waals surface area contributed by atoms with E-state index in [4.69, 9.17) is 9.15 Å². The second-order valence-corrected chi connectivity index (χ2v) is 6.75. The molecule has 8 heteroatoms. The van der Waals surface area contributed by atoms with E-state index in [2.05, 4.69) is 4.98 Å². The molecule has 1 aliphatic heterocycles. The van der Waals surface area contributed by atoms with Gasteiger partial charge in [0.2, 0.25) is 5.88 Å². The number of likely N-dealkylation sites (tertiary alicyclic amines) is 1. The summed E-state index contributed by atoms with van der Waals surface area (Å²) in [5, 5.41) is 0. The fourth-order valence-corrected chi connectivity index (χ4v) is 3.32. The Morgan fingerprint density at radius 1 is 1.41 bits per heavy atom. The molecule has 0 aromatic carbocycles. The fraction of sp³-hybridized carbons (Fsp3) is 0.474. The van der Waals surface area contributed by atoms with Gasteiger partial charge in [0.15, 0.2) is 0 Å². The lowest BCUT2D eigenvalue weighted by molar-refractivity contribution is -0.139. The summed E-state index contributed by atoms with van der Waals surface area (Å²) in [5.41, 5.74) is -0.364. The number of aryl methyl sites for hydroxylation is 2. The Morgan fingerprint density at radius 2 is 2.19 bits per heavy atom. The van der Waals surface area contributed by atoms with Gasteiger partial charge in [0.25, 0.3) is 5.91 Å². The molecule has 1 saturated heterocycles. The van der Waals surface area contributed by atoms with Gasteiger partial charge < -0.3 is 14.1 Å². The van der Waals surface area contributed by atoms with Crippen LogP contribution in [0.1, 0.15) is 40.3 Å². The molecule has 27 heavy (non-hydrogen) atoms. The van der Waals surface area contributed by atoms with Crippen molar-refractivity contribution in [3.8, 4) is 5.88 Å². The molecule has 0 N–H and O–H groups in total. The number of amides is 1. The Kier molecular flexibility index (Phi) is 5.43. The monoisotopic (exact) mass is 382 g/mol. The molecule has 0 aliphatic carbocycles. The van der Waals surface area contributed by atoms with E-state index in [0.717, 1.165) is 18.9 Å². The van der Waals surface area contributed by atoms with E-state index in [1.165, 1.54) is 12.3 Å². The lowest BCUT2D eigenvalue weighted by Gasteiger charge is -2.32. The van der Waals surface area contributed by atoms with Crippen LogP contribution in [-0.2, 0) is 6.18 Å². The van der Waals surface area contributed by atoms with Gasteiger partial charge in [0.1, 0.15) is 17.1 Å². The van der Waals surface area contributed by atoms with Crippen molar-refractivity contribution in [3.05, 3.63) is 47.0 Å². The van der Waals surface area contributed by atoms with Crippen molar-refractivity contribution < 1.29 is 27.1 Å². The van der Waals surface area contributed by atoms with Gasteiger partial charge in [-0.2, -0.15) is 13.2 Å². The molecule has 5 nitrogen and oxygen atoms in total. The van der Waals surface area contributed by atoms with Crippen molar-refractivity contribution in [1.82, 2.24) is 9.88 Å². The number of piperidine rings is 1. The maximum absolute atomic E-state index is 13.0. The maximum Gasteiger partial charge on any atom is 0.421 e. The predicted molar refractivity (Wildman–Crippen MR) is 91.5 cm³/mol. The van der Waals surface area contributed by atoms with Gasteiger partial charge in [-0.3, -0.25) is 4.79 Å². The van der Waals surface area contributed by atoms with Crippen molar-refractivity contribution in [2.75, 3.05) is 19.7 Å². The first-order valence-electron chi connectivity index (χ1n) is 8.77. The number of carbonyl (C=O) groups excluding carboxylic acids is 1. The highest BCUT2D eigenvalue weighted by atomic mass is 19.4. The van der Waals surface area contributed by atoms with Crippen molar-refractivity contribution in [3.63, 3.8) is 0 Å². The molecule has 1 unspecified atom stereocenters. The van der Waals surface area contributed by atoms with Crippen LogP contribution in [0.4, 0.5) is 13.2 Å². The summed E-state index contributed by atoms with van der Waals surface area (Å²) in [6, 6.07) is 3.89. The molecule has 0 bridgehead atoms. The number of hydrogen-bond acceptors (Lipinski definition) is 4. The molecule has 0 saturated carbocycles. The van der Waals surface area contributed by atoms with E-state index in [1.54, 1.807) is 24.8 Å². The zero-order valence-electron chi connectivity index (χ0n) is 15.2. The Bertz CT molecular complexity index is 817. The number of ether oxygens (including phenoxy) is 1. The van der Waals surface area contributed by atoms with Crippen LogP contribution in [0.3, 0.4) is 0 Å². The molecule has 1 aliphatic rings. The number of halogens is 3. The van der Waals surface area contributed by atoms with Crippen LogP contribution >= 0.6 is 0 Å². The minimum Gasteiger partial charge on any atom is -0.477 e. The summed E-state index contributed by atoms with van der Waals surface area (Å²) in [6.45, 7) is 4.63. The third-order valence-corrected chi connectivity index (χ3v) is 4.61. The van der Waals surface area contributed by atoms with Gasteiger partial charge in [0.05, 0.1) is 12.2 Å². The van der Waals surface area contributed by atoms with E-state index in [9.17, 15) is 18.0 Å². The highest BCUT2D eigenvalue weighted by Crippen LogP contribution is 2.35. The van der Waals surface area contributed by atoms with Crippen molar-refractivity contribution >= 4 is 5.91 Å². The average Bonchev–Trinajstić information content (AvgIpc) is 2.97. The van der Waals surface area contributed by atoms with Gasteiger partial charge in [0, 0.05) is 25.2 Å². The van der Waals surface area contributed by atoms with Crippen LogP contribution in [0.25, 0.3) is 0 Å². The minimum atomic E-state index is -4.52. The van der Waals surface area contributed by atoms with E-state index in [1.807, 2.05) is 0 Å². The minimum absolute atomic E-state index is 0.0564. The van der Waals surface area contributed by atoms with Gasteiger partial charge in [-0.25, -0.2) is 4.98 Å². The number of carbonyl (C=O) groups is 1. The number of nitrogens with zero attached hydrogens (tertiary/aromatic N) is 2. The molecule has 1 amide bonds. The Balaban J connectivity index is 1.64. The summed E-state index contributed by atoms with van der Waals surface area (Å²) >= 11 is 0. The molecule has 2 aromatic heterocycles. The smallest absolute Gasteiger partial charge is 0.421 e. The first kappa shape index (κ1) is 19.3. The highest BCUT2D eigenvalue weighted by Gasteiger charge is 2.35. The largest absolute Gasteiger partial charge is 0.477 e. The molecule has 1 fully saturated rings. The van der Waals surface area contributed by atoms with Crippen LogP contribution in [0.15, 0.2) is 28.8 Å². The van der Waals surface area contributed by atoms with E-state index in [-0.39, 0.29) is 18.4 Å². The predicted octanol–water partition coefficient (Wildman–Crippen LogP) is 4.24. The van der Waals surface area contributed by atoms with Gasteiger partial charge in [-0.15, -0.1) is 0 Å². The zero-order chi connectivity index (χ0) is 19.6. The molecule has 146 valence electrons. The third-order valence-electron chi connectivity index (χ3n) is 4.61. The molecular formula is C19H21F3N2O3. The Hall–Kier alpha value is -2.51. The molecule has 3 heterocycles. The zero-order valence-corrected chi connectivity index (χ0v) is 15.2. The summed E-state index contributed by atoms with van der Waals surface area (Å²) in [6.07, 6.45) is -1.70.